The predicted molar refractivity (Wildman–Crippen MR) is 114 cm³/mol. The molecule has 1 aromatic carbocycles. The van der Waals surface area contributed by atoms with Crippen molar-refractivity contribution in [2.45, 2.75) is 31.7 Å². The van der Waals surface area contributed by atoms with Gasteiger partial charge in [-0.1, -0.05) is 12.1 Å². The van der Waals surface area contributed by atoms with Gasteiger partial charge < -0.3 is 15.5 Å². The molecule has 2 N–H and O–H groups in total. The predicted octanol–water partition coefficient (Wildman–Crippen LogP) is 2.85. The van der Waals surface area contributed by atoms with Crippen molar-refractivity contribution in [1.82, 2.24) is 20.5 Å². The van der Waals surface area contributed by atoms with Crippen LogP contribution in [0.4, 0.5) is 4.39 Å². The summed E-state index contributed by atoms with van der Waals surface area (Å²) in [6.45, 7) is 1.48. The summed E-state index contributed by atoms with van der Waals surface area (Å²) in [5, 5.41) is 6.11. The van der Waals surface area contributed by atoms with Crippen molar-refractivity contribution in [1.29, 1.82) is 0 Å². The lowest BCUT2D eigenvalue weighted by Gasteiger charge is -2.31. The maximum atomic E-state index is 13.4. The number of aromatic nitrogens is 1. The maximum absolute atomic E-state index is 13.4. The number of benzene rings is 1. The van der Waals surface area contributed by atoms with Gasteiger partial charge in [-0.2, -0.15) is 0 Å². The zero-order valence-electron chi connectivity index (χ0n) is 17.5. The summed E-state index contributed by atoms with van der Waals surface area (Å²) in [5.74, 6) is -0.271. The van der Waals surface area contributed by atoms with Gasteiger partial charge in [0.1, 0.15) is 5.82 Å². The number of carbonyl (C=O) groups is 2. The van der Waals surface area contributed by atoms with Crippen molar-refractivity contribution in [3.8, 4) is 11.3 Å². The molecule has 2 amide bonds. The monoisotopic (exact) mass is 412 g/mol. The molecular weight excluding hydrogens is 383 g/mol. The summed E-state index contributed by atoms with van der Waals surface area (Å²) in [6.07, 6.45) is 4.66. The first-order chi connectivity index (χ1) is 14.5. The highest BCUT2D eigenvalue weighted by Crippen LogP contribution is 2.26. The average molecular weight is 413 g/mol. The number of likely N-dealkylation sites (N-methyl/N-ethyl adjacent to an activating group) is 2. The second-order valence-electron chi connectivity index (χ2n) is 7.83. The Morgan fingerprint density at radius 2 is 1.93 bits per heavy atom. The van der Waals surface area contributed by atoms with Crippen LogP contribution in [0.25, 0.3) is 11.3 Å². The Labute approximate surface area is 176 Å². The minimum Gasteiger partial charge on any atom is -0.349 e. The molecule has 160 valence electrons. The number of hydrogen-bond donors (Lipinski definition) is 2. The smallest absolute Gasteiger partial charge is 0.253 e. The molecule has 0 radical (unpaired) electrons. The van der Waals surface area contributed by atoms with Crippen LogP contribution in [0.5, 0.6) is 0 Å². The SMILES string of the molecule is CNCCN(C)C(=O)C1CCC(NC(=O)c2ccc(-c3cccc(F)c3)nc2)CC1. The Balaban J connectivity index is 1.50. The molecule has 2 aromatic rings. The maximum Gasteiger partial charge on any atom is 0.253 e. The molecule has 1 heterocycles. The van der Waals surface area contributed by atoms with Gasteiger partial charge in [0.25, 0.3) is 5.91 Å². The number of pyridine rings is 1. The Bertz CT molecular complexity index is 864. The first-order valence-corrected chi connectivity index (χ1v) is 10.4. The minimum absolute atomic E-state index is 0.0345. The second kappa shape index (κ2) is 10.3. The normalized spacial score (nSPS) is 18.6. The molecule has 0 unspecified atom stereocenters. The van der Waals surface area contributed by atoms with Crippen molar-refractivity contribution >= 4 is 11.8 Å². The van der Waals surface area contributed by atoms with E-state index in [0.29, 0.717) is 23.4 Å². The topological polar surface area (TPSA) is 74.3 Å². The van der Waals surface area contributed by atoms with E-state index in [2.05, 4.69) is 15.6 Å². The summed E-state index contributed by atoms with van der Waals surface area (Å²) in [7, 11) is 3.71. The van der Waals surface area contributed by atoms with E-state index in [-0.39, 0.29) is 29.6 Å². The zero-order chi connectivity index (χ0) is 21.5. The van der Waals surface area contributed by atoms with Gasteiger partial charge in [0.05, 0.1) is 11.3 Å². The number of carbonyl (C=O) groups excluding carboxylic acids is 2. The standard InChI is InChI=1S/C23H29FN4O2/c1-25-12-13-28(2)23(30)16-6-9-20(10-7-16)27-22(29)18-8-11-21(26-15-18)17-4-3-5-19(24)14-17/h3-5,8,11,14-16,20,25H,6-7,9-10,12-13H2,1-2H3,(H,27,29). The van der Waals surface area contributed by atoms with E-state index in [9.17, 15) is 14.0 Å². The van der Waals surface area contributed by atoms with Gasteiger partial charge in [0, 0.05) is 43.9 Å². The van der Waals surface area contributed by atoms with Crippen LogP contribution in [-0.2, 0) is 4.79 Å². The first-order valence-electron chi connectivity index (χ1n) is 10.4. The first kappa shape index (κ1) is 21.9. The molecular formula is C23H29FN4O2. The fraction of sp³-hybridized carbons (Fsp3) is 0.435. The van der Waals surface area contributed by atoms with Crippen molar-refractivity contribution in [2.24, 2.45) is 5.92 Å². The molecule has 30 heavy (non-hydrogen) atoms. The largest absolute Gasteiger partial charge is 0.349 e. The summed E-state index contributed by atoms with van der Waals surface area (Å²) in [6, 6.07) is 9.70. The Morgan fingerprint density at radius 1 is 1.17 bits per heavy atom. The number of nitrogens with zero attached hydrogens (tertiary/aromatic N) is 2. The van der Waals surface area contributed by atoms with Crippen LogP contribution < -0.4 is 10.6 Å². The zero-order valence-corrected chi connectivity index (χ0v) is 17.5. The van der Waals surface area contributed by atoms with Crippen LogP contribution in [0.15, 0.2) is 42.6 Å². The number of amides is 2. The molecule has 0 bridgehead atoms. The van der Waals surface area contributed by atoms with Gasteiger partial charge in [-0.3, -0.25) is 14.6 Å². The number of nitrogens with one attached hydrogen (secondary N) is 2. The van der Waals surface area contributed by atoms with Gasteiger partial charge in [-0.05, 0) is 57.0 Å². The van der Waals surface area contributed by atoms with E-state index >= 15 is 0 Å². The van der Waals surface area contributed by atoms with E-state index in [0.717, 1.165) is 32.2 Å². The van der Waals surface area contributed by atoms with Crippen molar-refractivity contribution in [3.63, 3.8) is 0 Å². The van der Waals surface area contributed by atoms with Crippen LogP contribution in [-0.4, -0.2) is 54.9 Å². The van der Waals surface area contributed by atoms with Crippen molar-refractivity contribution < 1.29 is 14.0 Å². The highest BCUT2D eigenvalue weighted by atomic mass is 19.1. The molecule has 0 atom stereocenters. The van der Waals surface area contributed by atoms with Crippen LogP contribution in [0, 0.1) is 11.7 Å². The third-order valence-electron chi connectivity index (χ3n) is 5.63. The van der Waals surface area contributed by atoms with E-state index in [1.54, 1.807) is 29.2 Å². The Morgan fingerprint density at radius 3 is 2.57 bits per heavy atom. The summed E-state index contributed by atoms with van der Waals surface area (Å²) < 4.78 is 13.4. The van der Waals surface area contributed by atoms with E-state index in [1.807, 2.05) is 14.1 Å². The van der Waals surface area contributed by atoms with Crippen molar-refractivity contribution in [3.05, 3.63) is 54.0 Å². The third kappa shape index (κ3) is 5.63. The van der Waals surface area contributed by atoms with Gasteiger partial charge in [0.15, 0.2) is 0 Å². The fourth-order valence-corrected chi connectivity index (χ4v) is 3.80. The molecule has 1 saturated carbocycles. The van der Waals surface area contributed by atoms with E-state index < -0.39 is 0 Å². The lowest BCUT2D eigenvalue weighted by molar-refractivity contribution is -0.135. The van der Waals surface area contributed by atoms with Crippen LogP contribution in [0.2, 0.25) is 0 Å². The molecule has 1 aliphatic rings. The number of hydrogen-bond acceptors (Lipinski definition) is 4. The van der Waals surface area contributed by atoms with Gasteiger partial charge in [-0.25, -0.2) is 4.39 Å². The average Bonchev–Trinajstić information content (AvgIpc) is 2.77. The number of halogens is 1. The molecule has 1 aliphatic carbocycles. The van der Waals surface area contributed by atoms with Crippen LogP contribution in [0.3, 0.4) is 0 Å². The highest BCUT2D eigenvalue weighted by molar-refractivity contribution is 5.94. The lowest BCUT2D eigenvalue weighted by atomic mass is 9.85. The molecule has 6 nitrogen and oxygen atoms in total. The molecule has 1 aromatic heterocycles. The van der Waals surface area contributed by atoms with E-state index in [4.69, 9.17) is 0 Å². The third-order valence-corrected chi connectivity index (χ3v) is 5.63. The fourth-order valence-electron chi connectivity index (χ4n) is 3.80. The minimum atomic E-state index is -0.321. The Hall–Kier alpha value is -2.80. The van der Waals surface area contributed by atoms with E-state index in [1.165, 1.54) is 18.3 Å². The molecule has 7 heteroatoms. The molecule has 0 spiro atoms. The lowest BCUT2D eigenvalue weighted by Crippen LogP contribution is -2.42. The molecule has 1 fully saturated rings. The van der Waals surface area contributed by atoms with Gasteiger partial charge in [-0.15, -0.1) is 0 Å². The van der Waals surface area contributed by atoms with Crippen molar-refractivity contribution in [2.75, 3.05) is 27.2 Å². The van der Waals surface area contributed by atoms with Crippen LogP contribution >= 0.6 is 0 Å². The van der Waals surface area contributed by atoms with Gasteiger partial charge >= 0.3 is 0 Å². The summed E-state index contributed by atoms with van der Waals surface area (Å²) in [4.78, 5) is 31.2. The highest BCUT2D eigenvalue weighted by Gasteiger charge is 2.29. The summed E-state index contributed by atoms with van der Waals surface area (Å²) in [5.41, 5.74) is 1.76. The second-order valence-corrected chi connectivity index (χ2v) is 7.83. The molecule has 0 saturated heterocycles. The number of rotatable bonds is 7. The van der Waals surface area contributed by atoms with Gasteiger partial charge in [0.2, 0.25) is 5.91 Å². The molecule has 0 aliphatic heterocycles. The summed E-state index contributed by atoms with van der Waals surface area (Å²) >= 11 is 0. The molecule has 3 rings (SSSR count). The quantitative estimate of drug-likeness (QED) is 0.733. The van der Waals surface area contributed by atoms with Crippen LogP contribution in [0.1, 0.15) is 36.0 Å². The Kier molecular flexibility index (Phi) is 7.52.